The van der Waals surface area contributed by atoms with Crippen LogP contribution in [0.15, 0.2) is 35.7 Å². The summed E-state index contributed by atoms with van der Waals surface area (Å²) in [5.74, 6) is -0.795. The van der Waals surface area contributed by atoms with Crippen molar-refractivity contribution < 1.29 is 14.4 Å². The largest absolute Gasteiger partial charge is 0.359 e. The first-order chi connectivity index (χ1) is 12.5. The maximum absolute atomic E-state index is 13.0. The van der Waals surface area contributed by atoms with Gasteiger partial charge in [0.2, 0.25) is 11.8 Å². The van der Waals surface area contributed by atoms with Gasteiger partial charge in [0.1, 0.15) is 6.04 Å². The highest BCUT2D eigenvalue weighted by molar-refractivity contribution is 7.13. The van der Waals surface area contributed by atoms with Crippen LogP contribution in [0.3, 0.4) is 0 Å². The van der Waals surface area contributed by atoms with Gasteiger partial charge in [-0.25, -0.2) is 0 Å². The lowest BCUT2D eigenvalue weighted by molar-refractivity contribution is -0.132. The van der Waals surface area contributed by atoms with Gasteiger partial charge in [0.05, 0.1) is 6.42 Å². The molecule has 1 atom stereocenters. The number of nitrogens with zero attached hydrogens (tertiary/aromatic N) is 1. The highest BCUT2D eigenvalue weighted by atomic mass is 32.1. The van der Waals surface area contributed by atoms with Crippen LogP contribution in [0.25, 0.3) is 10.4 Å². The molecule has 6 nitrogen and oxygen atoms in total. The zero-order valence-corrected chi connectivity index (χ0v) is 15.6. The molecule has 0 spiro atoms. The second-order valence-corrected chi connectivity index (χ2v) is 7.11. The molecule has 2 N–H and O–H groups in total. The Balaban J connectivity index is 1.88. The van der Waals surface area contributed by atoms with Gasteiger partial charge in [-0.05, 0) is 41.6 Å². The predicted molar refractivity (Wildman–Crippen MR) is 101 cm³/mol. The van der Waals surface area contributed by atoms with E-state index in [1.807, 2.05) is 36.6 Å². The summed E-state index contributed by atoms with van der Waals surface area (Å²) in [4.78, 5) is 39.6. The highest BCUT2D eigenvalue weighted by Gasteiger charge is 2.35. The number of amides is 3. The van der Waals surface area contributed by atoms with E-state index in [2.05, 4.69) is 10.6 Å². The number of carbonyl (C=O) groups excluding carboxylic acids is 3. The summed E-state index contributed by atoms with van der Waals surface area (Å²) in [5.41, 5.74) is 2.66. The molecular weight excluding hydrogens is 350 g/mol. The summed E-state index contributed by atoms with van der Waals surface area (Å²) >= 11 is 1.63. The van der Waals surface area contributed by atoms with Crippen LogP contribution in [-0.4, -0.2) is 48.8 Å². The van der Waals surface area contributed by atoms with Crippen LogP contribution in [0.1, 0.15) is 22.3 Å². The summed E-state index contributed by atoms with van der Waals surface area (Å²) in [6, 6.07) is 8.68. The summed E-state index contributed by atoms with van der Waals surface area (Å²) in [6.07, 6.45) is -0.0439. The van der Waals surface area contributed by atoms with Crippen LogP contribution >= 0.6 is 11.3 Å². The maximum atomic E-state index is 13.0. The van der Waals surface area contributed by atoms with Crippen molar-refractivity contribution in [1.29, 1.82) is 0 Å². The molecule has 0 saturated carbocycles. The van der Waals surface area contributed by atoms with E-state index in [1.54, 1.807) is 17.4 Å². The Morgan fingerprint density at radius 2 is 2.15 bits per heavy atom. The van der Waals surface area contributed by atoms with E-state index in [4.69, 9.17) is 0 Å². The van der Waals surface area contributed by atoms with Gasteiger partial charge in [-0.3, -0.25) is 14.4 Å². The van der Waals surface area contributed by atoms with Crippen LogP contribution < -0.4 is 10.6 Å². The van der Waals surface area contributed by atoms with Crippen molar-refractivity contribution in [3.8, 4) is 10.4 Å². The summed E-state index contributed by atoms with van der Waals surface area (Å²) in [6.45, 7) is 2.81. The van der Waals surface area contributed by atoms with Crippen LogP contribution in [0.5, 0.6) is 0 Å². The molecule has 2 aromatic rings. The van der Waals surface area contributed by atoms with Gasteiger partial charge in [0, 0.05) is 30.6 Å². The fraction of sp³-hybridized carbons (Fsp3) is 0.316. The molecular formula is C19H21N3O3S. The minimum absolute atomic E-state index is 0.0439. The van der Waals surface area contributed by atoms with E-state index in [0.717, 1.165) is 16.0 Å². The number of thiophene rings is 1. The van der Waals surface area contributed by atoms with E-state index in [0.29, 0.717) is 18.7 Å². The average Bonchev–Trinajstić information content (AvgIpc) is 3.08. The number of carbonyl (C=O) groups is 3. The van der Waals surface area contributed by atoms with Gasteiger partial charge >= 0.3 is 0 Å². The first-order valence-electron chi connectivity index (χ1n) is 8.45. The van der Waals surface area contributed by atoms with Crippen molar-refractivity contribution in [2.75, 3.05) is 20.1 Å². The van der Waals surface area contributed by atoms with Crippen molar-refractivity contribution in [2.24, 2.45) is 0 Å². The lowest BCUT2D eigenvalue weighted by Crippen LogP contribution is -2.58. The third kappa shape index (κ3) is 3.62. The summed E-state index contributed by atoms with van der Waals surface area (Å²) in [7, 11) is 1.52. The minimum Gasteiger partial charge on any atom is -0.359 e. The number of nitrogens with one attached hydrogen (secondary N) is 2. The molecule has 1 aromatic heterocycles. The molecule has 26 heavy (non-hydrogen) atoms. The first kappa shape index (κ1) is 18.1. The maximum Gasteiger partial charge on any atom is 0.254 e. The van der Waals surface area contributed by atoms with Crippen molar-refractivity contribution in [1.82, 2.24) is 15.5 Å². The third-order valence-electron chi connectivity index (χ3n) is 4.48. The van der Waals surface area contributed by atoms with Crippen LogP contribution in [-0.2, 0) is 9.59 Å². The number of benzene rings is 1. The SMILES string of the molecule is CNC(=O)CC1C(=O)NCCN1C(=O)c1cccc(-c2sccc2C)c1. The molecule has 0 aliphatic carbocycles. The minimum atomic E-state index is -0.789. The quantitative estimate of drug-likeness (QED) is 0.860. The van der Waals surface area contributed by atoms with Crippen molar-refractivity contribution in [2.45, 2.75) is 19.4 Å². The zero-order chi connectivity index (χ0) is 18.7. The third-order valence-corrected chi connectivity index (χ3v) is 5.55. The Morgan fingerprint density at radius 1 is 1.35 bits per heavy atom. The Kier molecular flexibility index (Phi) is 5.37. The number of aryl methyl sites for hydroxylation is 1. The van der Waals surface area contributed by atoms with Gasteiger partial charge in [-0.2, -0.15) is 0 Å². The smallest absolute Gasteiger partial charge is 0.254 e. The molecule has 1 aromatic carbocycles. The standard InChI is InChI=1S/C19H21N3O3S/c1-12-6-9-26-17(12)13-4-3-5-14(10-13)19(25)22-8-7-21-18(24)15(22)11-16(23)20-2/h3-6,9-10,15H,7-8,11H2,1-2H3,(H,20,23)(H,21,24). The highest BCUT2D eigenvalue weighted by Crippen LogP contribution is 2.30. The second-order valence-electron chi connectivity index (χ2n) is 6.20. The topological polar surface area (TPSA) is 78.5 Å². The average molecular weight is 371 g/mol. The molecule has 1 aliphatic rings. The molecule has 136 valence electrons. The number of hydrogen-bond donors (Lipinski definition) is 2. The van der Waals surface area contributed by atoms with E-state index in [1.165, 1.54) is 11.9 Å². The van der Waals surface area contributed by atoms with Crippen LogP contribution in [0.2, 0.25) is 0 Å². The lowest BCUT2D eigenvalue weighted by atomic mass is 10.0. The van der Waals surface area contributed by atoms with Crippen LogP contribution in [0.4, 0.5) is 0 Å². The first-order valence-corrected chi connectivity index (χ1v) is 9.33. The molecule has 1 unspecified atom stereocenters. The molecule has 0 bridgehead atoms. The molecule has 3 amide bonds. The van der Waals surface area contributed by atoms with E-state index in [-0.39, 0.29) is 24.1 Å². The van der Waals surface area contributed by atoms with Gasteiger partial charge in [0.25, 0.3) is 5.91 Å². The Bertz CT molecular complexity index is 846. The molecule has 0 radical (unpaired) electrons. The summed E-state index contributed by atoms with van der Waals surface area (Å²) < 4.78 is 0. The Labute approximate surface area is 156 Å². The molecule has 7 heteroatoms. The van der Waals surface area contributed by atoms with Crippen molar-refractivity contribution >= 4 is 29.1 Å². The Hall–Kier alpha value is -2.67. The monoisotopic (exact) mass is 371 g/mol. The molecule has 1 fully saturated rings. The Morgan fingerprint density at radius 3 is 2.85 bits per heavy atom. The lowest BCUT2D eigenvalue weighted by Gasteiger charge is -2.34. The zero-order valence-electron chi connectivity index (χ0n) is 14.7. The molecule has 3 rings (SSSR count). The molecule has 1 aliphatic heterocycles. The van der Waals surface area contributed by atoms with E-state index >= 15 is 0 Å². The fourth-order valence-electron chi connectivity index (χ4n) is 3.07. The van der Waals surface area contributed by atoms with E-state index in [9.17, 15) is 14.4 Å². The fourth-order valence-corrected chi connectivity index (χ4v) is 3.99. The second kappa shape index (κ2) is 7.70. The van der Waals surface area contributed by atoms with Gasteiger partial charge in [0.15, 0.2) is 0 Å². The number of rotatable bonds is 4. The van der Waals surface area contributed by atoms with E-state index < -0.39 is 6.04 Å². The van der Waals surface area contributed by atoms with Gasteiger partial charge in [-0.15, -0.1) is 11.3 Å². The molecule has 2 heterocycles. The normalized spacial score (nSPS) is 16.9. The van der Waals surface area contributed by atoms with Crippen molar-refractivity contribution in [3.05, 3.63) is 46.8 Å². The summed E-state index contributed by atoms with van der Waals surface area (Å²) in [5, 5.41) is 7.26. The van der Waals surface area contributed by atoms with Gasteiger partial charge < -0.3 is 15.5 Å². The number of piperazine rings is 1. The van der Waals surface area contributed by atoms with Crippen molar-refractivity contribution in [3.63, 3.8) is 0 Å². The van der Waals surface area contributed by atoms with Crippen LogP contribution in [0, 0.1) is 6.92 Å². The van der Waals surface area contributed by atoms with Gasteiger partial charge in [-0.1, -0.05) is 12.1 Å². The molecule has 1 saturated heterocycles. The number of hydrogen-bond acceptors (Lipinski definition) is 4. The predicted octanol–water partition coefficient (Wildman–Crippen LogP) is 1.80.